The zero-order chi connectivity index (χ0) is 8.93. The Morgan fingerprint density at radius 2 is 2.25 bits per heavy atom. The normalized spacial score (nSPS) is 39.4. The Hall–Kier alpha value is -0.630. The third-order valence-electron chi connectivity index (χ3n) is 2.89. The summed E-state index contributed by atoms with van der Waals surface area (Å²) in [7, 11) is 0. The summed E-state index contributed by atoms with van der Waals surface area (Å²) in [6.45, 7) is 6.02. The molecule has 0 aromatic rings. The van der Waals surface area contributed by atoms with Crippen LogP contribution in [0.3, 0.4) is 0 Å². The molecule has 1 saturated carbocycles. The van der Waals surface area contributed by atoms with Crippen molar-refractivity contribution >= 4 is 5.78 Å². The van der Waals surface area contributed by atoms with Crippen LogP contribution >= 0.6 is 0 Å². The molecule has 0 aromatic heterocycles. The molecular weight excluding hydrogens is 152 g/mol. The molecule has 2 nitrogen and oxygen atoms in total. The minimum absolute atomic E-state index is 0.101. The fourth-order valence-electron chi connectivity index (χ4n) is 1.91. The molecule has 0 spiro atoms. The average Bonchev–Trinajstić information content (AvgIpc) is 2.62. The first-order valence-corrected chi connectivity index (χ1v) is 4.43. The first-order valence-electron chi connectivity index (χ1n) is 4.43. The molecule has 0 N–H and O–H groups in total. The van der Waals surface area contributed by atoms with E-state index in [1.54, 1.807) is 0 Å². The van der Waals surface area contributed by atoms with Crippen molar-refractivity contribution in [3.8, 4) is 0 Å². The van der Waals surface area contributed by atoms with E-state index in [1.807, 2.05) is 20.8 Å². The molecule has 0 amide bonds. The van der Waals surface area contributed by atoms with Crippen LogP contribution in [0.5, 0.6) is 0 Å². The Morgan fingerprint density at radius 1 is 1.58 bits per heavy atom. The highest BCUT2D eigenvalue weighted by molar-refractivity contribution is 6.02. The van der Waals surface area contributed by atoms with E-state index >= 15 is 0 Å². The predicted molar refractivity (Wildman–Crippen MR) is 45.9 cm³/mol. The maximum absolute atomic E-state index is 11.6. The summed E-state index contributed by atoms with van der Waals surface area (Å²) in [5.41, 5.74) is 2.04. The zero-order valence-electron chi connectivity index (χ0n) is 7.81. The summed E-state index contributed by atoms with van der Waals surface area (Å²) in [6.07, 6.45) is 1.79. The molecule has 0 bridgehead atoms. The Morgan fingerprint density at radius 3 is 2.83 bits per heavy atom. The molecule has 0 unspecified atom stereocenters. The van der Waals surface area contributed by atoms with Gasteiger partial charge in [0.25, 0.3) is 0 Å². The fraction of sp³-hybridized carbons (Fsp3) is 0.700. The number of epoxide rings is 1. The van der Waals surface area contributed by atoms with E-state index in [4.69, 9.17) is 4.74 Å². The summed E-state index contributed by atoms with van der Waals surface area (Å²) in [5, 5.41) is 0. The van der Waals surface area contributed by atoms with Crippen molar-refractivity contribution in [2.24, 2.45) is 0 Å². The molecule has 1 aliphatic heterocycles. The lowest BCUT2D eigenvalue weighted by molar-refractivity contribution is -0.117. The van der Waals surface area contributed by atoms with Gasteiger partial charge in [0.1, 0.15) is 11.7 Å². The van der Waals surface area contributed by atoms with Crippen LogP contribution in [0.15, 0.2) is 11.1 Å². The molecule has 1 heterocycles. The van der Waals surface area contributed by atoms with Crippen LogP contribution in [0, 0.1) is 0 Å². The number of ether oxygens (including phenoxy) is 1. The van der Waals surface area contributed by atoms with E-state index in [1.165, 1.54) is 0 Å². The van der Waals surface area contributed by atoms with Crippen LogP contribution < -0.4 is 0 Å². The highest BCUT2D eigenvalue weighted by Gasteiger charge is 2.59. The van der Waals surface area contributed by atoms with Crippen molar-refractivity contribution in [1.29, 1.82) is 0 Å². The summed E-state index contributed by atoms with van der Waals surface area (Å²) in [4.78, 5) is 11.6. The Bertz CT molecular complexity index is 274. The van der Waals surface area contributed by atoms with Gasteiger partial charge in [-0.25, -0.2) is 0 Å². The molecule has 0 radical (unpaired) electrons. The van der Waals surface area contributed by atoms with Gasteiger partial charge in [-0.15, -0.1) is 0 Å². The average molecular weight is 166 g/mol. The van der Waals surface area contributed by atoms with E-state index in [-0.39, 0.29) is 17.5 Å². The molecule has 2 heteroatoms. The van der Waals surface area contributed by atoms with Gasteiger partial charge in [-0.2, -0.15) is 0 Å². The van der Waals surface area contributed by atoms with Gasteiger partial charge in [0, 0.05) is 0 Å². The molecule has 2 atom stereocenters. The van der Waals surface area contributed by atoms with Crippen molar-refractivity contribution in [2.45, 2.75) is 45.3 Å². The maximum Gasteiger partial charge on any atom is 0.190 e. The van der Waals surface area contributed by atoms with Gasteiger partial charge in [0.15, 0.2) is 5.78 Å². The Labute approximate surface area is 72.6 Å². The van der Waals surface area contributed by atoms with E-state index in [0.29, 0.717) is 0 Å². The van der Waals surface area contributed by atoms with Gasteiger partial charge < -0.3 is 4.74 Å². The van der Waals surface area contributed by atoms with Crippen molar-refractivity contribution in [1.82, 2.24) is 0 Å². The number of carbonyl (C=O) groups excluding carboxylic acids is 1. The topological polar surface area (TPSA) is 29.6 Å². The third-order valence-corrected chi connectivity index (χ3v) is 2.89. The second-order valence-corrected chi connectivity index (χ2v) is 4.15. The second kappa shape index (κ2) is 2.19. The quantitative estimate of drug-likeness (QED) is 0.406. The smallest absolute Gasteiger partial charge is 0.190 e. The number of hydrogen-bond donors (Lipinski definition) is 0. The molecule has 0 aromatic carbocycles. The van der Waals surface area contributed by atoms with Crippen LogP contribution in [0.1, 0.15) is 33.6 Å². The van der Waals surface area contributed by atoms with Crippen LogP contribution in [-0.2, 0) is 9.53 Å². The second-order valence-electron chi connectivity index (χ2n) is 4.15. The summed E-state index contributed by atoms with van der Waals surface area (Å²) in [6, 6.07) is 0. The minimum atomic E-state index is -0.115. The van der Waals surface area contributed by atoms with E-state index in [0.717, 1.165) is 24.0 Å². The van der Waals surface area contributed by atoms with E-state index in [2.05, 4.69) is 0 Å². The zero-order valence-corrected chi connectivity index (χ0v) is 7.81. The molecule has 66 valence electrons. The van der Waals surface area contributed by atoms with Gasteiger partial charge in [-0.3, -0.25) is 4.79 Å². The first-order chi connectivity index (χ1) is 5.54. The number of hydrogen-bond acceptors (Lipinski definition) is 2. The van der Waals surface area contributed by atoms with Crippen LogP contribution in [-0.4, -0.2) is 17.5 Å². The number of Topliss-reactive ketones (excluding diaryl/α,β-unsaturated/α-hetero) is 1. The molecule has 2 rings (SSSR count). The SMILES string of the molecule is CC(C)=C1CC[C@@]2(C)O[C@H]2C1=O. The number of carbonyl (C=O) groups is 1. The highest BCUT2D eigenvalue weighted by Crippen LogP contribution is 2.47. The number of fused-ring (bicyclic) bond motifs is 1. The van der Waals surface area contributed by atoms with Gasteiger partial charge in [-0.05, 0) is 39.2 Å². The van der Waals surface area contributed by atoms with Gasteiger partial charge in [-0.1, -0.05) is 5.57 Å². The minimum Gasteiger partial charge on any atom is -0.358 e. The molecule has 2 aliphatic rings. The van der Waals surface area contributed by atoms with Crippen molar-refractivity contribution in [3.63, 3.8) is 0 Å². The first kappa shape index (κ1) is 7.99. The van der Waals surface area contributed by atoms with Gasteiger partial charge >= 0.3 is 0 Å². The lowest BCUT2D eigenvalue weighted by atomic mass is 9.84. The van der Waals surface area contributed by atoms with Gasteiger partial charge in [0.2, 0.25) is 0 Å². The molecular formula is C10H14O2. The van der Waals surface area contributed by atoms with Crippen LogP contribution in [0.2, 0.25) is 0 Å². The molecule has 1 saturated heterocycles. The van der Waals surface area contributed by atoms with E-state index in [9.17, 15) is 4.79 Å². The molecule has 1 aliphatic carbocycles. The van der Waals surface area contributed by atoms with Gasteiger partial charge in [0.05, 0.1) is 0 Å². The van der Waals surface area contributed by atoms with Crippen molar-refractivity contribution in [2.75, 3.05) is 0 Å². The summed E-state index contributed by atoms with van der Waals surface area (Å²) in [5.74, 6) is 0.226. The van der Waals surface area contributed by atoms with E-state index < -0.39 is 0 Å². The number of rotatable bonds is 0. The monoisotopic (exact) mass is 166 g/mol. The lowest BCUT2D eigenvalue weighted by Gasteiger charge is -2.15. The summed E-state index contributed by atoms with van der Waals surface area (Å²) < 4.78 is 5.37. The van der Waals surface area contributed by atoms with Crippen molar-refractivity contribution < 1.29 is 9.53 Å². The largest absolute Gasteiger partial charge is 0.358 e. The molecule has 2 fully saturated rings. The Balaban J connectivity index is 2.26. The standard InChI is InChI=1S/C10H14O2/c1-6(2)7-4-5-10(3)9(12-10)8(7)11/h9H,4-5H2,1-3H3/t9-,10+/m0/s1. The predicted octanol–water partition coefficient (Wildman–Crippen LogP) is 1.84. The molecule has 12 heavy (non-hydrogen) atoms. The fourth-order valence-corrected chi connectivity index (χ4v) is 1.91. The van der Waals surface area contributed by atoms with Crippen LogP contribution in [0.4, 0.5) is 0 Å². The van der Waals surface area contributed by atoms with Crippen molar-refractivity contribution in [3.05, 3.63) is 11.1 Å². The van der Waals surface area contributed by atoms with Crippen LogP contribution in [0.25, 0.3) is 0 Å². The summed E-state index contributed by atoms with van der Waals surface area (Å²) >= 11 is 0. The highest BCUT2D eigenvalue weighted by atomic mass is 16.6. The Kier molecular flexibility index (Phi) is 1.46. The third kappa shape index (κ3) is 0.944. The number of allylic oxidation sites excluding steroid dienone is 1. The maximum atomic E-state index is 11.6. The number of ketones is 1. The lowest BCUT2D eigenvalue weighted by Crippen LogP contribution is -2.26.